The van der Waals surface area contributed by atoms with E-state index in [2.05, 4.69) is 27.4 Å². The van der Waals surface area contributed by atoms with Crippen molar-refractivity contribution in [2.75, 3.05) is 6.61 Å². The first-order valence-electron chi connectivity index (χ1n) is 13.4. The van der Waals surface area contributed by atoms with Crippen LogP contribution in [-0.2, 0) is 0 Å². The summed E-state index contributed by atoms with van der Waals surface area (Å²) in [5.41, 5.74) is -0.344. The number of aliphatic hydroxyl groups is 5. The molecule has 4 fully saturated rings. The van der Waals surface area contributed by atoms with Crippen molar-refractivity contribution in [3.63, 3.8) is 0 Å². The normalized spacial score (nSPS) is 51.2. The summed E-state index contributed by atoms with van der Waals surface area (Å²) < 4.78 is 0. The zero-order chi connectivity index (χ0) is 24.3. The molecule has 190 valence electrons. The fraction of sp³-hybridized carbons (Fsp3) is 0.929. The van der Waals surface area contributed by atoms with Gasteiger partial charge in [0.2, 0.25) is 0 Å². The highest BCUT2D eigenvalue weighted by atomic mass is 16.3. The predicted molar refractivity (Wildman–Crippen MR) is 129 cm³/mol. The molecular formula is C28H48O5. The molecule has 0 aromatic rings. The van der Waals surface area contributed by atoms with Crippen molar-refractivity contribution in [1.29, 1.82) is 0 Å². The van der Waals surface area contributed by atoms with Gasteiger partial charge in [-0.05, 0) is 91.8 Å². The second-order valence-electron chi connectivity index (χ2n) is 13.0. The lowest BCUT2D eigenvalue weighted by Crippen LogP contribution is -2.68. The molecule has 0 radical (unpaired) electrons. The van der Waals surface area contributed by atoms with Gasteiger partial charge in [0.1, 0.15) is 0 Å². The molecule has 0 saturated heterocycles. The van der Waals surface area contributed by atoms with Gasteiger partial charge in [-0.3, -0.25) is 0 Å². The third-order valence-corrected chi connectivity index (χ3v) is 11.3. The Balaban J connectivity index is 1.57. The molecule has 0 aromatic heterocycles. The maximum absolute atomic E-state index is 12.3. The zero-order valence-electron chi connectivity index (χ0n) is 21.2. The van der Waals surface area contributed by atoms with Crippen molar-refractivity contribution in [2.24, 2.45) is 46.3 Å². The standard InChI is InChI=1S/C28H48O5/c1-16(18(3)15-29)6-7-17(2)20-13-22(31)25-27(20,5)11-9-24-26(4)10-8-19(30)12-21(26)23(32)14-28(24,25)33/h17-25,29-33H,1,6-15H2,2-5H3/t17?,18-,19+,20?,21?,22-,23?,24?,25?,26+,27-,28+/m1/s1. The van der Waals surface area contributed by atoms with Gasteiger partial charge in [-0.1, -0.05) is 39.8 Å². The molecule has 4 aliphatic rings. The highest BCUT2D eigenvalue weighted by Gasteiger charge is 2.70. The van der Waals surface area contributed by atoms with Crippen LogP contribution in [0.25, 0.3) is 0 Å². The first kappa shape index (κ1) is 25.6. The molecule has 12 atom stereocenters. The molecule has 4 aliphatic carbocycles. The van der Waals surface area contributed by atoms with E-state index in [4.69, 9.17) is 0 Å². The van der Waals surface area contributed by atoms with Crippen molar-refractivity contribution in [2.45, 2.75) is 109 Å². The molecule has 0 spiro atoms. The van der Waals surface area contributed by atoms with Crippen LogP contribution < -0.4 is 0 Å². The minimum atomic E-state index is -1.07. The number of hydrogen-bond donors (Lipinski definition) is 5. The molecular weight excluding hydrogens is 416 g/mol. The van der Waals surface area contributed by atoms with Gasteiger partial charge in [-0.2, -0.15) is 0 Å². The van der Waals surface area contributed by atoms with Gasteiger partial charge in [-0.25, -0.2) is 0 Å². The number of fused-ring (bicyclic) bond motifs is 5. The Morgan fingerprint density at radius 3 is 2.33 bits per heavy atom. The number of aliphatic hydroxyl groups excluding tert-OH is 4. The van der Waals surface area contributed by atoms with Crippen LogP contribution >= 0.6 is 0 Å². The summed E-state index contributed by atoms with van der Waals surface area (Å²) in [5, 5.41) is 54.6. The smallest absolute Gasteiger partial charge is 0.0763 e. The minimum absolute atomic E-state index is 0.0173. The molecule has 4 rings (SSSR count). The first-order chi connectivity index (χ1) is 15.4. The lowest BCUT2D eigenvalue weighted by molar-refractivity contribution is -0.263. The summed E-state index contributed by atoms with van der Waals surface area (Å²) in [6, 6.07) is 0. The monoisotopic (exact) mass is 464 g/mol. The summed E-state index contributed by atoms with van der Waals surface area (Å²) in [7, 11) is 0. The summed E-state index contributed by atoms with van der Waals surface area (Å²) >= 11 is 0. The van der Waals surface area contributed by atoms with Gasteiger partial charge in [0, 0.05) is 18.9 Å². The van der Waals surface area contributed by atoms with Crippen molar-refractivity contribution in [1.82, 2.24) is 0 Å². The molecule has 5 heteroatoms. The van der Waals surface area contributed by atoms with Crippen LogP contribution in [0.2, 0.25) is 0 Å². The Kier molecular flexibility index (Phi) is 6.90. The van der Waals surface area contributed by atoms with Crippen molar-refractivity contribution >= 4 is 0 Å². The molecule has 4 saturated carbocycles. The predicted octanol–water partition coefficient (Wildman–Crippen LogP) is 3.66. The number of rotatable bonds is 6. The van der Waals surface area contributed by atoms with Crippen LogP contribution in [0.15, 0.2) is 12.2 Å². The van der Waals surface area contributed by atoms with E-state index in [1.807, 2.05) is 6.92 Å². The number of hydrogen-bond acceptors (Lipinski definition) is 5. The van der Waals surface area contributed by atoms with Crippen LogP contribution in [0.5, 0.6) is 0 Å². The quantitative estimate of drug-likeness (QED) is 0.386. The van der Waals surface area contributed by atoms with Crippen LogP contribution in [-0.4, -0.2) is 56.1 Å². The van der Waals surface area contributed by atoms with E-state index < -0.39 is 17.8 Å². The summed E-state index contributed by atoms with van der Waals surface area (Å²) in [6.45, 7) is 13.1. The third-order valence-electron chi connectivity index (χ3n) is 11.3. The SMILES string of the molecule is C=C(CCC(C)C1C[C@@H](O)C2[C@]1(C)CCC1[C@@]3(C)CC[C@H](O)CC3C(O)C[C@]12O)[C@H](C)CO. The first-order valence-corrected chi connectivity index (χ1v) is 13.4. The van der Waals surface area contributed by atoms with Crippen LogP contribution in [0.1, 0.15) is 85.5 Å². The van der Waals surface area contributed by atoms with Gasteiger partial charge >= 0.3 is 0 Å². The molecule has 0 aliphatic heterocycles. The fourth-order valence-corrected chi connectivity index (χ4v) is 9.39. The maximum atomic E-state index is 12.3. The van der Waals surface area contributed by atoms with Crippen molar-refractivity contribution in [3.8, 4) is 0 Å². The van der Waals surface area contributed by atoms with Crippen molar-refractivity contribution in [3.05, 3.63) is 12.2 Å². The lowest BCUT2D eigenvalue weighted by Gasteiger charge is -2.66. The molecule has 33 heavy (non-hydrogen) atoms. The van der Waals surface area contributed by atoms with E-state index in [1.54, 1.807) is 0 Å². The second kappa shape index (κ2) is 8.89. The van der Waals surface area contributed by atoms with E-state index in [1.165, 1.54) is 0 Å². The molecule has 0 aromatic carbocycles. The van der Waals surface area contributed by atoms with E-state index in [0.29, 0.717) is 31.1 Å². The Labute approximate surface area is 200 Å². The summed E-state index contributed by atoms with van der Waals surface area (Å²) in [5.74, 6) is 0.656. The van der Waals surface area contributed by atoms with Gasteiger partial charge in [0.05, 0.1) is 23.9 Å². The largest absolute Gasteiger partial charge is 0.396 e. The van der Waals surface area contributed by atoms with Gasteiger partial charge in [0.25, 0.3) is 0 Å². The lowest BCUT2D eigenvalue weighted by atomic mass is 9.42. The van der Waals surface area contributed by atoms with Crippen molar-refractivity contribution < 1.29 is 25.5 Å². The topological polar surface area (TPSA) is 101 Å². The highest BCUT2D eigenvalue weighted by Crippen LogP contribution is 2.69. The van der Waals surface area contributed by atoms with Crippen LogP contribution in [0.4, 0.5) is 0 Å². The van der Waals surface area contributed by atoms with Gasteiger partial charge in [0.15, 0.2) is 0 Å². The van der Waals surface area contributed by atoms with Crippen LogP contribution in [0, 0.1) is 46.3 Å². The van der Waals surface area contributed by atoms with Gasteiger partial charge < -0.3 is 25.5 Å². The molecule has 0 amide bonds. The molecule has 0 heterocycles. The Morgan fingerprint density at radius 2 is 1.67 bits per heavy atom. The van der Waals surface area contributed by atoms with E-state index in [9.17, 15) is 25.5 Å². The highest BCUT2D eigenvalue weighted by molar-refractivity contribution is 5.20. The van der Waals surface area contributed by atoms with E-state index >= 15 is 0 Å². The van der Waals surface area contributed by atoms with E-state index in [0.717, 1.165) is 44.1 Å². The average molecular weight is 465 g/mol. The summed E-state index contributed by atoms with van der Waals surface area (Å²) in [6.07, 6.45) is 5.40. The molecule has 6 unspecified atom stereocenters. The Bertz CT molecular complexity index is 740. The minimum Gasteiger partial charge on any atom is -0.396 e. The Hall–Kier alpha value is -0.460. The molecule has 5 N–H and O–H groups in total. The average Bonchev–Trinajstić information content (AvgIpc) is 3.03. The fourth-order valence-electron chi connectivity index (χ4n) is 9.39. The molecule has 0 bridgehead atoms. The van der Waals surface area contributed by atoms with Gasteiger partial charge in [-0.15, -0.1) is 0 Å². The Morgan fingerprint density at radius 1 is 1.00 bits per heavy atom. The maximum Gasteiger partial charge on any atom is 0.0763 e. The summed E-state index contributed by atoms with van der Waals surface area (Å²) in [4.78, 5) is 0. The third kappa shape index (κ3) is 3.94. The zero-order valence-corrected chi connectivity index (χ0v) is 21.2. The molecule has 5 nitrogen and oxygen atoms in total. The van der Waals surface area contributed by atoms with E-state index in [-0.39, 0.29) is 47.2 Å². The van der Waals surface area contributed by atoms with Crippen LogP contribution in [0.3, 0.4) is 0 Å². The second-order valence-corrected chi connectivity index (χ2v) is 13.0.